The van der Waals surface area contributed by atoms with E-state index in [0.717, 1.165) is 11.3 Å². The van der Waals surface area contributed by atoms with Crippen LogP contribution in [0.25, 0.3) is 11.3 Å². The fourth-order valence-corrected chi connectivity index (χ4v) is 2.49. The maximum absolute atomic E-state index is 12.3. The zero-order chi connectivity index (χ0) is 15.5. The molecular formula is C18H18BrN3O. The van der Waals surface area contributed by atoms with Gasteiger partial charge in [0.25, 0.3) is 0 Å². The highest BCUT2D eigenvalue weighted by molar-refractivity contribution is 5.95. The van der Waals surface area contributed by atoms with Crippen LogP contribution in [0.3, 0.4) is 0 Å². The van der Waals surface area contributed by atoms with Gasteiger partial charge in [0, 0.05) is 11.1 Å². The second kappa shape index (κ2) is 7.24. The van der Waals surface area contributed by atoms with Crippen molar-refractivity contribution in [1.29, 1.82) is 0 Å². The van der Waals surface area contributed by atoms with Crippen molar-refractivity contribution in [3.05, 3.63) is 72.4 Å². The van der Waals surface area contributed by atoms with E-state index in [1.807, 2.05) is 78.5 Å². The summed E-state index contributed by atoms with van der Waals surface area (Å²) in [6.07, 6.45) is 1.92. The number of imidazole rings is 1. The van der Waals surface area contributed by atoms with Gasteiger partial charge in [0.15, 0.2) is 5.78 Å². The number of benzene rings is 2. The molecule has 0 amide bonds. The normalized spacial score (nSPS) is 10.1. The third kappa shape index (κ3) is 3.51. The molecule has 0 aliphatic carbocycles. The number of nitrogen functional groups attached to an aromatic ring is 1. The van der Waals surface area contributed by atoms with Gasteiger partial charge in [-0.2, -0.15) is 0 Å². The molecule has 0 aliphatic rings. The molecule has 2 aromatic carbocycles. The molecule has 0 saturated carbocycles. The molecule has 0 fully saturated rings. The van der Waals surface area contributed by atoms with E-state index >= 15 is 0 Å². The molecule has 1 aromatic heterocycles. The number of hydrogen-bond acceptors (Lipinski definition) is 2. The molecule has 4 nitrogen and oxygen atoms in total. The number of nitrogens with two attached hydrogens (primary N) is 1. The zero-order valence-electron chi connectivity index (χ0n) is 12.8. The minimum Gasteiger partial charge on any atom is -1.00 e. The van der Waals surface area contributed by atoms with Gasteiger partial charge >= 0.3 is 5.95 Å². The number of nitrogens with zero attached hydrogens (tertiary/aromatic N) is 2. The lowest BCUT2D eigenvalue weighted by Gasteiger charge is -2.00. The maximum atomic E-state index is 12.3. The van der Waals surface area contributed by atoms with E-state index in [0.29, 0.717) is 11.5 Å². The monoisotopic (exact) mass is 371 g/mol. The lowest BCUT2D eigenvalue weighted by Crippen LogP contribution is -3.00. The SMILES string of the molecule is Cn1c(-c2ccccc2)c[n+](CC(=O)c2ccccc2)c1N.[Br-]. The van der Waals surface area contributed by atoms with Gasteiger partial charge in [-0.3, -0.25) is 10.5 Å². The summed E-state index contributed by atoms with van der Waals surface area (Å²) in [6.45, 7) is 0.233. The van der Waals surface area contributed by atoms with Gasteiger partial charge in [-0.05, 0) is 0 Å². The molecule has 23 heavy (non-hydrogen) atoms. The van der Waals surface area contributed by atoms with Gasteiger partial charge in [0.05, 0.1) is 7.05 Å². The van der Waals surface area contributed by atoms with Crippen LogP contribution in [0.4, 0.5) is 5.95 Å². The van der Waals surface area contributed by atoms with Crippen LogP contribution in [0.5, 0.6) is 0 Å². The van der Waals surface area contributed by atoms with E-state index in [9.17, 15) is 4.79 Å². The molecule has 3 rings (SSSR count). The van der Waals surface area contributed by atoms with Crippen LogP contribution in [-0.4, -0.2) is 10.4 Å². The first-order chi connectivity index (χ1) is 10.7. The van der Waals surface area contributed by atoms with Crippen molar-refractivity contribution in [2.24, 2.45) is 7.05 Å². The van der Waals surface area contributed by atoms with Crippen LogP contribution in [-0.2, 0) is 13.6 Å². The Balaban J connectivity index is 0.00000192. The smallest absolute Gasteiger partial charge is 0.355 e. The Morgan fingerprint density at radius 2 is 1.61 bits per heavy atom. The molecule has 118 valence electrons. The Morgan fingerprint density at radius 1 is 1.04 bits per heavy atom. The first-order valence-electron chi connectivity index (χ1n) is 7.15. The van der Waals surface area contributed by atoms with Crippen LogP contribution < -0.4 is 27.3 Å². The number of carbonyl (C=O) groups is 1. The van der Waals surface area contributed by atoms with Gasteiger partial charge in [0.2, 0.25) is 0 Å². The molecule has 0 atom stereocenters. The Morgan fingerprint density at radius 3 is 2.22 bits per heavy atom. The van der Waals surface area contributed by atoms with Crippen molar-refractivity contribution < 1.29 is 26.3 Å². The number of anilines is 1. The highest BCUT2D eigenvalue weighted by Gasteiger charge is 2.19. The molecule has 0 unspecified atom stereocenters. The van der Waals surface area contributed by atoms with E-state index < -0.39 is 0 Å². The molecule has 0 spiro atoms. The van der Waals surface area contributed by atoms with Crippen molar-refractivity contribution in [1.82, 2.24) is 4.57 Å². The molecule has 5 heteroatoms. The highest BCUT2D eigenvalue weighted by Crippen LogP contribution is 2.19. The van der Waals surface area contributed by atoms with E-state index in [-0.39, 0.29) is 29.3 Å². The predicted octanol–water partition coefficient (Wildman–Crippen LogP) is -0.551. The van der Waals surface area contributed by atoms with Gasteiger partial charge in [-0.1, -0.05) is 60.7 Å². The second-order valence-electron chi connectivity index (χ2n) is 5.21. The first-order valence-corrected chi connectivity index (χ1v) is 7.15. The lowest BCUT2D eigenvalue weighted by atomic mass is 10.1. The molecule has 1 heterocycles. The van der Waals surface area contributed by atoms with Crippen LogP contribution >= 0.6 is 0 Å². The van der Waals surface area contributed by atoms with Crippen molar-refractivity contribution in [3.63, 3.8) is 0 Å². The summed E-state index contributed by atoms with van der Waals surface area (Å²) in [4.78, 5) is 12.3. The Kier molecular flexibility index (Phi) is 5.34. The van der Waals surface area contributed by atoms with Crippen molar-refractivity contribution >= 4 is 11.7 Å². The van der Waals surface area contributed by atoms with Crippen molar-refractivity contribution in [3.8, 4) is 11.3 Å². The Bertz CT molecular complexity index is 798. The number of carbonyl (C=O) groups excluding carboxylic acids is 1. The number of Topliss-reactive ketones (excluding diaryl/α,β-unsaturated/α-hetero) is 1. The summed E-state index contributed by atoms with van der Waals surface area (Å²) >= 11 is 0. The zero-order valence-corrected chi connectivity index (χ0v) is 14.4. The highest BCUT2D eigenvalue weighted by atomic mass is 79.9. The molecule has 3 aromatic rings. The topological polar surface area (TPSA) is 51.9 Å². The van der Waals surface area contributed by atoms with Gasteiger partial charge < -0.3 is 17.0 Å². The van der Waals surface area contributed by atoms with E-state index in [2.05, 4.69) is 0 Å². The standard InChI is InChI=1S/C18H17N3O.BrH/c1-20-16(14-8-4-2-5-9-14)12-21(18(20)19)13-17(22)15-10-6-3-7-11-15;/h2-12,19H,13H2,1H3;1H. The van der Waals surface area contributed by atoms with E-state index in [1.54, 1.807) is 4.57 Å². The van der Waals surface area contributed by atoms with Crippen LogP contribution in [0, 0.1) is 0 Å². The predicted molar refractivity (Wildman–Crippen MR) is 86.2 cm³/mol. The van der Waals surface area contributed by atoms with Gasteiger partial charge in [-0.15, -0.1) is 0 Å². The summed E-state index contributed by atoms with van der Waals surface area (Å²) in [7, 11) is 1.90. The number of ketones is 1. The van der Waals surface area contributed by atoms with Crippen LogP contribution in [0.1, 0.15) is 10.4 Å². The number of halogens is 1. The average Bonchev–Trinajstić information content (AvgIpc) is 2.85. The van der Waals surface area contributed by atoms with E-state index in [1.165, 1.54) is 0 Å². The molecule has 2 N–H and O–H groups in total. The van der Waals surface area contributed by atoms with Crippen molar-refractivity contribution in [2.75, 3.05) is 5.73 Å². The van der Waals surface area contributed by atoms with Crippen LogP contribution in [0.2, 0.25) is 0 Å². The Labute approximate surface area is 146 Å². The number of aromatic nitrogens is 2. The summed E-state index contributed by atoms with van der Waals surface area (Å²) < 4.78 is 3.69. The maximum Gasteiger partial charge on any atom is 0.355 e. The number of rotatable bonds is 4. The summed E-state index contributed by atoms with van der Waals surface area (Å²) in [5.41, 5.74) is 8.89. The number of hydrogen-bond donors (Lipinski definition) is 1. The molecule has 0 saturated heterocycles. The third-order valence-electron chi connectivity index (χ3n) is 3.76. The third-order valence-corrected chi connectivity index (χ3v) is 3.76. The van der Waals surface area contributed by atoms with Gasteiger partial charge in [-0.25, -0.2) is 9.13 Å². The average molecular weight is 372 g/mol. The quantitative estimate of drug-likeness (QED) is 0.494. The van der Waals surface area contributed by atoms with Crippen molar-refractivity contribution in [2.45, 2.75) is 6.54 Å². The summed E-state index contributed by atoms with van der Waals surface area (Å²) in [5.74, 6) is 0.602. The fourth-order valence-electron chi connectivity index (χ4n) is 2.49. The second-order valence-corrected chi connectivity index (χ2v) is 5.21. The fraction of sp³-hybridized carbons (Fsp3) is 0.111. The molecular weight excluding hydrogens is 354 g/mol. The summed E-state index contributed by atoms with van der Waals surface area (Å²) in [5, 5.41) is 0. The minimum atomic E-state index is 0. The van der Waals surface area contributed by atoms with E-state index in [4.69, 9.17) is 5.73 Å². The largest absolute Gasteiger partial charge is 1.00 e. The summed E-state index contributed by atoms with van der Waals surface area (Å²) in [6, 6.07) is 19.3. The first kappa shape index (κ1) is 17.0. The molecule has 0 radical (unpaired) electrons. The van der Waals surface area contributed by atoms with Gasteiger partial charge in [0.1, 0.15) is 18.4 Å². The van der Waals surface area contributed by atoms with Crippen LogP contribution in [0.15, 0.2) is 66.9 Å². The minimum absolute atomic E-state index is 0. The Hall–Kier alpha value is -2.40. The molecule has 0 bridgehead atoms. The molecule has 0 aliphatic heterocycles. The lowest BCUT2D eigenvalue weighted by molar-refractivity contribution is -0.667.